The quantitative estimate of drug-likeness (QED) is 0.781. The number of ether oxygens (including phenoxy) is 2. The highest BCUT2D eigenvalue weighted by molar-refractivity contribution is 5.94. The molecule has 1 aliphatic heterocycles. The van der Waals surface area contributed by atoms with Gasteiger partial charge in [-0.15, -0.1) is 12.3 Å². The van der Waals surface area contributed by atoms with Crippen LogP contribution in [-0.2, 0) is 16.1 Å². The van der Waals surface area contributed by atoms with Crippen molar-refractivity contribution in [2.45, 2.75) is 45.9 Å². The fourth-order valence-corrected chi connectivity index (χ4v) is 2.38. The number of hydrogen-bond donors (Lipinski definition) is 0. The Bertz CT molecular complexity index is 600. The summed E-state index contributed by atoms with van der Waals surface area (Å²) in [5.74, 6) is 4.20. The molecule has 0 spiro atoms. The Morgan fingerprint density at radius 1 is 1.13 bits per heavy atom. The van der Waals surface area contributed by atoms with Gasteiger partial charge in [-0.05, 0) is 18.4 Å². The maximum atomic E-state index is 5.93. The van der Waals surface area contributed by atoms with Gasteiger partial charge in [0.2, 0.25) is 11.8 Å². The lowest BCUT2D eigenvalue weighted by molar-refractivity contribution is 0.259. The van der Waals surface area contributed by atoms with E-state index in [1.807, 2.05) is 37.3 Å². The van der Waals surface area contributed by atoms with Crippen LogP contribution in [-0.4, -0.2) is 30.5 Å². The lowest BCUT2D eigenvalue weighted by Crippen LogP contribution is -2.38. The van der Waals surface area contributed by atoms with E-state index in [0.717, 1.165) is 5.56 Å². The number of benzene rings is 1. The summed E-state index contributed by atoms with van der Waals surface area (Å²) < 4.78 is 11.6. The molecule has 0 saturated heterocycles. The highest BCUT2D eigenvalue weighted by atomic mass is 16.5. The second-order valence-corrected chi connectivity index (χ2v) is 5.75. The third kappa shape index (κ3) is 4.59. The third-order valence-electron chi connectivity index (χ3n) is 3.55. The number of terminal acetylenes is 1. The van der Waals surface area contributed by atoms with Crippen LogP contribution in [0.3, 0.4) is 0 Å². The first-order chi connectivity index (χ1) is 11.2. The third-order valence-corrected chi connectivity index (χ3v) is 3.55. The van der Waals surface area contributed by atoms with Crippen LogP contribution < -0.4 is 0 Å². The van der Waals surface area contributed by atoms with Crippen molar-refractivity contribution in [2.75, 3.05) is 6.61 Å². The van der Waals surface area contributed by atoms with E-state index in [4.69, 9.17) is 20.9 Å². The fraction of sp³-hybridized carbons (Fsp3) is 0.474. The molecule has 0 saturated carbocycles. The smallest absolute Gasteiger partial charge is 0.211 e. The molecule has 4 heteroatoms. The van der Waals surface area contributed by atoms with Crippen molar-refractivity contribution < 1.29 is 9.47 Å². The average Bonchev–Trinajstić information content (AvgIpc) is 2.55. The Hall–Kier alpha value is -2.28. The van der Waals surface area contributed by atoms with E-state index in [2.05, 4.69) is 24.8 Å². The second-order valence-electron chi connectivity index (χ2n) is 5.75. The van der Waals surface area contributed by atoms with Gasteiger partial charge >= 0.3 is 0 Å². The first-order valence-electron chi connectivity index (χ1n) is 8.04. The van der Waals surface area contributed by atoms with Crippen molar-refractivity contribution in [3.8, 4) is 12.3 Å². The highest BCUT2D eigenvalue weighted by Gasteiger charge is 2.31. The molecule has 1 aromatic carbocycles. The minimum atomic E-state index is -0.264. The minimum absolute atomic E-state index is 0.116. The van der Waals surface area contributed by atoms with Crippen LogP contribution in [0.4, 0.5) is 0 Å². The van der Waals surface area contributed by atoms with Crippen molar-refractivity contribution in [3.05, 3.63) is 35.9 Å². The van der Waals surface area contributed by atoms with E-state index < -0.39 is 0 Å². The molecule has 2 atom stereocenters. The van der Waals surface area contributed by atoms with Gasteiger partial charge in [0.05, 0.1) is 6.61 Å². The van der Waals surface area contributed by atoms with Crippen LogP contribution in [0.5, 0.6) is 0 Å². The number of nitrogens with zero attached hydrogens (tertiary/aromatic N) is 2. The number of hydrogen-bond acceptors (Lipinski definition) is 4. The van der Waals surface area contributed by atoms with E-state index in [-0.39, 0.29) is 18.0 Å². The molecule has 0 amide bonds. The lowest BCUT2D eigenvalue weighted by Gasteiger charge is -2.27. The molecular weight excluding hydrogens is 288 g/mol. The van der Waals surface area contributed by atoms with Gasteiger partial charge in [0.25, 0.3) is 0 Å². The van der Waals surface area contributed by atoms with Gasteiger partial charge in [0.1, 0.15) is 18.7 Å². The molecule has 0 N–H and O–H groups in total. The zero-order valence-corrected chi connectivity index (χ0v) is 14.0. The van der Waals surface area contributed by atoms with Gasteiger partial charge in [-0.1, -0.05) is 44.2 Å². The second kappa shape index (κ2) is 8.38. The molecule has 4 nitrogen and oxygen atoms in total. The van der Waals surface area contributed by atoms with Gasteiger partial charge in [-0.25, -0.2) is 9.98 Å². The maximum Gasteiger partial charge on any atom is 0.211 e. The van der Waals surface area contributed by atoms with E-state index in [1.54, 1.807) is 0 Å². The average molecular weight is 312 g/mol. The summed E-state index contributed by atoms with van der Waals surface area (Å²) in [7, 11) is 0. The molecule has 0 fully saturated rings. The Labute approximate surface area is 138 Å². The summed E-state index contributed by atoms with van der Waals surface area (Å²) in [4.78, 5) is 9.39. The number of aliphatic imine (C=N–C) groups is 2. The van der Waals surface area contributed by atoms with Gasteiger partial charge in [0, 0.05) is 6.42 Å². The summed E-state index contributed by atoms with van der Waals surface area (Å²) in [6.45, 7) is 7.17. The number of rotatable bonds is 5. The zero-order valence-electron chi connectivity index (χ0n) is 14.0. The molecule has 2 rings (SSSR count). The van der Waals surface area contributed by atoms with E-state index in [0.29, 0.717) is 31.4 Å². The molecular formula is C19H24N2O2. The monoisotopic (exact) mass is 312 g/mol. The van der Waals surface area contributed by atoms with Crippen LogP contribution in [0.2, 0.25) is 0 Å². The first-order valence-corrected chi connectivity index (χ1v) is 8.04. The molecule has 0 aromatic heterocycles. The minimum Gasteiger partial charge on any atom is -0.480 e. The topological polar surface area (TPSA) is 43.2 Å². The summed E-state index contributed by atoms with van der Waals surface area (Å²) in [6.07, 6.45) is 5.93. The van der Waals surface area contributed by atoms with Crippen molar-refractivity contribution >= 4 is 11.8 Å². The standard InChI is InChI=1S/C19H24N2O2/c1-5-10-16-18(23-13-15-11-8-7-9-12-15)21-17(14(3)4)19(20-16)22-6-2/h1,7-9,11-12,14,16-17H,6,10,13H2,2-4H3/t16-,17+/m1/s1. The summed E-state index contributed by atoms with van der Waals surface area (Å²) in [6, 6.07) is 9.62. The summed E-state index contributed by atoms with van der Waals surface area (Å²) in [5, 5.41) is 0. The molecule has 0 aliphatic carbocycles. The molecule has 0 unspecified atom stereocenters. The Morgan fingerprint density at radius 2 is 1.87 bits per heavy atom. The molecule has 23 heavy (non-hydrogen) atoms. The van der Waals surface area contributed by atoms with Crippen LogP contribution in [0.25, 0.3) is 0 Å². The molecule has 1 heterocycles. The van der Waals surface area contributed by atoms with E-state index in [1.165, 1.54) is 0 Å². The first kappa shape index (κ1) is 17.1. The van der Waals surface area contributed by atoms with Gasteiger partial charge in [0.15, 0.2) is 0 Å². The van der Waals surface area contributed by atoms with E-state index in [9.17, 15) is 0 Å². The summed E-state index contributed by atoms with van der Waals surface area (Å²) in [5.41, 5.74) is 1.09. The summed E-state index contributed by atoms with van der Waals surface area (Å²) >= 11 is 0. The van der Waals surface area contributed by atoms with Crippen LogP contribution in [0.1, 0.15) is 32.8 Å². The fourth-order valence-electron chi connectivity index (χ4n) is 2.38. The Morgan fingerprint density at radius 3 is 2.48 bits per heavy atom. The molecule has 1 aromatic rings. The Balaban J connectivity index is 2.17. The maximum absolute atomic E-state index is 5.93. The van der Waals surface area contributed by atoms with Gasteiger partial charge in [-0.2, -0.15) is 0 Å². The predicted octanol–water partition coefficient (Wildman–Crippen LogP) is 3.47. The van der Waals surface area contributed by atoms with Crippen molar-refractivity contribution in [2.24, 2.45) is 15.9 Å². The van der Waals surface area contributed by atoms with Crippen molar-refractivity contribution in [1.29, 1.82) is 0 Å². The normalized spacial score (nSPS) is 20.5. The van der Waals surface area contributed by atoms with Crippen molar-refractivity contribution in [3.63, 3.8) is 0 Å². The zero-order chi connectivity index (χ0) is 16.7. The lowest BCUT2D eigenvalue weighted by atomic mass is 10.0. The van der Waals surface area contributed by atoms with Crippen LogP contribution in [0.15, 0.2) is 40.3 Å². The molecule has 122 valence electrons. The SMILES string of the molecule is C#CC[C@H]1N=C(OCC)[C@H](C(C)C)N=C1OCc1ccccc1. The van der Waals surface area contributed by atoms with Gasteiger partial charge < -0.3 is 9.47 Å². The van der Waals surface area contributed by atoms with Crippen LogP contribution in [0, 0.1) is 18.3 Å². The largest absolute Gasteiger partial charge is 0.480 e. The predicted molar refractivity (Wildman–Crippen MR) is 93.6 cm³/mol. The molecule has 0 radical (unpaired) electrons. The van der Waals surface area contributed by atoms with Gasteiger partial charge in [-0.3, -0.25) is 0 Å². The highest BCUT2D eigenvalue weighted by Crippen LogP contribution is 2.20. The Kier molecular flexibility index (Phi) is 6.22. The van der Waals surface area contributed by atoms with Crippen molar-refractivity contribution in [1.82, 2.24) is 0 Å². The molecule has 0 bridgehead atoms. The van der Waals surface area contributed by atoms with Crippen LogP contribution >= 0.6 is 0 Å². The molecule has 1 aliphatic rings. The van der Waals surface area contributed by atoms with E-state index >= 15 is 0 Å².